The quantitative estimate of drug-likeness (QED) is 0.0152. The Kier molecular flexibility index (Phi) is 36.2. The molecule has 1 saturated heterocycles. The lowest BCUT2D eigenvalue weighted by Crippen LogP contribution is -2.62. The second-order valence-electron chi connectivity index (χ2n) is 35.9. The normalized spacial score (nSPS) is 23.5. The Balaban J connectivity index is 0.480. The first-order valence-electron chi connectivity index (χ1n) is 45.6. The SMILES string of the molecule is Cc1nnc(-c2ccc(CO)c(C3=C4C=CC(=[N+](C)C)C=C4[Si](C)(C)c4cc(N(C)C)ccc43)c2)c2c1CC[C@H]1[C@@H](CC2)[C@H]1COC(=O)NCCOCCOCCOCCOCCOCCOCCOCCOCCC(=O)NC[C@@](C)(O)C[C@H]1NC(=O)[C@H]2Cc3c([nH]c4ccccc34)SC[C@H](NC(=O)[C@H]([C@@H](C)O)NC(=O)[C@@H](C)NC1=O)C(=O)N1C[C@@H](O)C[C@@H]1C(=O)N[C@H](C)C(=O)N2. The molecule has 0 unspecified atom stereocenters. The molecule has 718 valence electrons. The number of aliphatic hydroxyl groups excluding tert-OH is 3. The van der Waals surface area contributed by atoms with Crippen molar-refractivity contribution in [3.8, 4) is 11.3 Å². The van der Waals surface area contributed by atoms with Crippen LogP contribution >= 0.6 is 11.8 Å². The topological polar surface area (TPSA) is 465 Å². The fourth-order valence-corrected chi connectivity index (χ4v) is 22.0. The number of carbonyl (C=O) groups excluding carboxylic acids is 9. The summed E-state index contributed by atoms with van der Waals surface area (Å²) in [7, 11) is 6.15. The number of fused-ring (bicyclic) bond motifs is 9. The number of para-hydroxylation sites is 1. The molecule has 13 atom stereocenters. The minimum atomic E-state index is -2.20. The number of alkyl carbamates (subject to hydrolysis) is 1. The minimum absolute atomic E-state index is 0.00963. The number of nitrogens with one attached hydrogen (secondary N) is 9. The maximum Gasteiger partial charge on any atom is 0.407 e. The van der Waals surface area contributed by atoms with Crippen molar-refractivity contribution in [3.63, 3.8) is 0 Å². The van der Waals surface area contributed by atoms with Crippen molar-refractivity contribution in [2.75, 3.05) is 171 Å². The summed E-state index contributed by atoms with van der Waals surface area (Å²) in [5.74, 6) is -5.87. The zero-order chi connectivity index (χ0) is 94.5. The number of hydrogen-bond donors (Lipinski definition) is 13. The number of thioether (sulfide) groups is 1. The van der Waals surface area contributed by atoms with Crippen LogP contribution in [0.1, 0.15) is 98.9 Å². The van der Waals surface area contributed by atoms with E-state index in [2.05, 4.69) is 160 Å². The Morgan fingerprint density at radius 3 is 1.92 bits per heavy atom. The van der Waals surface area contributed by atoms with E-state index in [-0.39, 0.29) is 70.5 Å². The number of hydrogen-bond acceptors (Lipinski definition) is 26. The monoisotopic (exact) mass is 1870 g/mol. The third kappa shape index (κ3) is 26.4. The van der Waals surface area contributed by atoms with Gasteiger partial charge in [0.1, 0.15) is 64.5 Å². The van der Waals surface area contributed by atoms with Crippen LogP contribution in [0.2, 0.25) is 13.1 Å². The number of aromatic nitrogens is 3. The number of H-pyrrole nitrogens is 1. The molecule has 0 spiro atoms. The Bertz CT molecular complexity index is 5070. The van der Waals surface area contributed by atoms with Gasteiger partial charge in [0, 0.05) is 99.5 Å². The molecule has 7 aliphatic rings. The highest BCUT2D eigenvalue weighted by molar-refractivity contribution is 7.99. The fourth-order valence-electron chi connectivity index (χ4n) is 17.8. The molecular formula is C94H131N14O22SSi+. The van der Waals surface area contributed by atoms with Crippen molar-refractivity contribution in [2.24, 2.45) is 17.8 Å². The van der Waals surface area contributed by atoms with Crippen molar-refractivity contribution in [3.05, 3.63) is 129 Å². The second kappa shape index (κ2) is 47.3. The van der Waals surface area contributed by atoms with Gasteiger partial charge in [-0.05, 0) is 163 Å². The first-order valence-corrected chi connectivity index (χ1v) is 49.6. The molecule has 132 heavy (non-hydrogen) atoms. The zero-order valence-corrected chi connectivity index (χ0v) is 79.2. The number of anilines is 1. The summed E-state index contributed by atoms with van der Waals surface area (Å²) < 4.78 is 52.9. The van der Waals surface area contributed by atoms with Gasteiger partial charge in [-0.1, -0.05) is 49.5 Å². The van der Waals surface area contributed by atoms with E-state index in [0.29, 0.717) is 126 Å². The largest absolute Gasteiger partial charge is 0.449 e. The van der Waals surface area contributed by atoms with Gasteiger partial charge in [0.25, 0.3) is 0 Å². The summed E-state index contributed by atoms with van der Waals surface area (Å²) >= 11 is 1.07. The van der Waals surface area contributed by atoms with Crippen LogP contribution in [0.15, 0.2) is 94.7 Å². The predicted octanol–water partition coefficient (Wildman–Crippen LogP) is 1.87. The number of nitrogens with zero attached hydrogens (tertiary/aromatic N) is 5. The lowest BCUT2D eigenvalue weighted by molar-refractivity contribution is -0.462. The molecule has 0 radical (unpaired) electrons. The molecule has 2 bridgehead atoms. The van der Waals surface area contributed by atoms with E-state index >= 15 is 0 Å². The van der Waals surface area contributed by atoms with Crippen molar-refractivity contribution < 1.29 is 111 Å². The lowest BCUT2D eigenvalue weighted by atomic mass is 9.85. The van der Waals surface area contributed by atoms with Crippen LogP contribution in [0.25, 0.3) is 27.7 Å². The molecule has 2 fully saturated rings. The summed E-state index contributed by atoms with van der Waals surface area (Å²) in [6.45, 7) is 16.9. The van der Waals surface area contributed by atoms with Crippen LogP contribution < -0.4 is 52.6 Å². The van der Waals surface area contributed by atoms with Crippen molar-refractivity contribution in [1.82, 2.24) is 62.6 Å². The smallest absolute Gasteiger partial charge is 0.407 e. The number of carbonyl (C=O) groups is 9. The highest BCUT2D eigenvalue weighted by Crippen LogP contribution is 2.54. The number of aromatic amines is 1. The molecule has 3 aromatic carbocycles. The number of ether oxygens (including phenoxy) is 9. The van der Waals surface area contributed by atoms with Crippen molar-refractivity contribution in [2.45, 2.75) is 171 Å². The molecule has 9 amide bonds. The van der Waals surface area contributed by atoms with Gasteiger partial charge in [-0.3, -0.25) is 38.4 Å². The molecule has 2 aromatic heterocycles. The second-order valence-corrected chi connectivity index (χ2v) is 41.2. The van der Waals surface area contributed by atoms with Gasteiger partial charge in [-0.25, -0.2) is 9.37 Å². The molecule has 38 heteroatoms. The molecule has 1 saturated carbocycles. The lowest BCUT2D eigenvalue weighted by Gasteiger charge is -2.38. The van der Waals surface area contributed by atoms with Gasteiger partial charge in [0.05, 0.1) is 153 Å². The van der Waals surface area contributed by atoms with Crippen molar-refractivity contribution in [1.29, 1.82) is 0 Å². The molecule has 6 heterocycles. The van der Waals surface area contributed by atoms with Crippen LogP contribution in [-0.4, -0.2) is 338 Å². The van der Waals surface area contributed by atoms with E-state index in [0.717, 1.165) is 87.4 Å². The number of benzene rings is 3. The summed E-state index contributed by atoms with van der Waals surface area (Å²) in [6.07, 6.45) is 6.15. The van der Waals surface area contributed by atoms with Gasteiger partial charge in [-0.2, -0.15) is 5.10 Å². The van der Waals surface area contributed by atoms with E-state index in [1.165, 1.54) is 60.3 Å². The van der Waals surface area contributed by atoms with Crippen LogP contribution in [0.4, 0.5) is 10.5 Å². The van der Waals surface area contributed by atoms with E-state index in [1.54, 1.807) is 24.3 Å². The summed E-state index contributed by atoms with van der Waals surface area (Å²) in [5, 5.41) is 79.0. The Morgan fingerprint density at radius 1 is 0.689 bits per heavy atom. The molecule has 12 rings (SSSR count). The summed E-state index contributed by atoms with van der Waals surface area (Å²) in [4.78, 5) is 132. The van der Waals surface area contributed by atoms with E-state index in [9.17, 15) is 63.6 Å². The third-order valence-electron chi connectivity index (χ3n) is 25.3. The van der Waals surface area contributed by atoms with Gasteiger partial charge in [0.15, 0.2) is 5.71 Å². The molecule has 4 aliphatic heterocycles. The summed E-state index contributed by atoms with van der Waals surface area (Å²) in [5.41, 5.74) is 12.2. The third-order valence-corrected chi connectivity index (χ3v) is 30.0. The standard InChI is InChI=1S/C94H130N14O22SSi/c1-55-64-22-23-65-66(24-25-68(64)84(105-104-55)59-16-17-60(51-109)71(44-59)82-69-20-18-61(106(6)7)45-79(69)132(10,11)80-46-62(107(8)9)19-21-70(80)82)73(65)52-130-93(120)95-27-29-123-31-33-125-35-37-127-39-41-129-43-42-128-40-38-126-36-34-124-32-30-122-28-26-81(112)96-54-94(5,121)49-76-88(116)97-57(3)86(114)103-83(58(4)110)90(118)101-77-53-131-91-72(67-14-12-13-15-74(67)102-91)48-75(87(115)100-76)99-85(113)56(2)98-89(117)78-47-63(111)50-108(78)92(77)119/h12-21,44-46,56-58,63,65-66,73,75-78,83,102,109-111,121H,22-43,47-54H2,1-11H3,(H7-,95,96,97,98,99,100,101,103,112,113,114,115,116,117,118,120)/p+1/t56-,57-,58-,63+,65+,66-,73+,75-,76-,77+,78-,83+,94+/m1/s1. The van der Waals surface area contributed by atoms with Gasteiger partial charge < -0.3 is 120 Å². The van der Waals surface area contributed by atoms with Crippen molar-refractivity contribution >= 4 is 106 Å². The molecule has 3 aliphatic carbocycles. The molecule has 36 nitrogen and oxygen atoms in total. The number of rotatable bonds is 38. The van der Waals surface area contributed by atoms with Gasteiger partial charge in [0.2, 0.25) is 47.3 Å². The Hall–Kier alpha value is -9.91. The average molecular weight is 1870 g/mol. The predicted molar refractivity (Wildman–Crippen MR) is 496 cm³/mol. The van der Waals surface area contributed by atoms with Gasteiger partial charge >= 0.3 is 6.09 Å². The number of aliphatic hydroxyl groups is 4. The van der Waals surface area contributed by atoms with Crippen LogP contribution in [0, 0.1) is 24.7 Å². The van der Waals surface area contributed by atoms with E-state index < -0.39 is 134 Å². The minimum Gasteiger partial charge on any atom is -0.449 e. The number of allylic oxidation sites excluding steroid dienone is 5. The van der Waals surface area contributed by atoms with E-state index in [1.807, 2.05) is 0 Å². The van der Waals surface area contributed by atoms with E-state index in [4.69, 9.17) is 52.8 Å². The molecule has 5 aromatic rings. The highest BCUT2D eigenvalue weighted by atomic mass is 32.2. The maximum absolute atomic E-state index is 14.9. The maximum atomic E-state index is 14.9. The molecular weight excluding hydrogens is 1740 g/mol. The fraction of sp³-hybridized carbons (Fsp3) is 0.574. The van der Waals surface area contributed by atoms with Gasteiger partial charge in [-0.15, -0.1) is 16.9 Å². The first kappa shape index (κ1) is 101. The first-order chi connectivity index (χ1) is 63.3. The number of aryl methyl sites for hydroxylation is 1. The Labute approximate surface area is 775 Å². The van der Waals surface area contributed by atoms with Crippen LogP contribution in [0.5, 0.6) is 0 Å². The average Bonchev–Trinajstić information content (AvgIpc) is 1.07. The van der Waals surface area contributed by atoms with Crippen LogP contribution in [0.3, 0.4) is 0 Å². The van der Waals surface area contributed by atoms with Crippen LogP contribution in [-0.2, 0) is 107 Å². The molecule has 13 N–H and O–H groups in total. The highest BCUT2D eigenvalue weighted by Gasteiger charge is 2.51. The summed E-state index contributed by atoms with van der Waals surface area (Å²) in [6, 6.07) is 9.88. The zero-order valence-electron chi connectivity index (χ0n) is 77.4. The Morgan fingerprint density at radius 2 is 1.30 bits per heavy atom. The number of amides is 9.